The average molecular weight is 277 g/mol. The molecule has 0 bridgehead atoms. The van der Waals surface area contributed by atoms with Crippen LogP contribution in [0.1, 0.15) is 33.6 Å². The largest absolute Gasteiger partial charge is 0.481 e. The molecule has 0 aromatic rings. The smallest absolute Gasteiger partial charge is 0.409 e. The zero-order chi connectivity index (χ0) is 14.8. The molecule has 7 nitrogen and oxygen atoms in total. The highest BCUT2D eigenvalue weighted by Gasteiger charge is 2.16. The Bertz CT molecular complexity index is 279. The van der Waals surface area contributed by atoms with Gasteiger partial charge in [0.25, 0.3) is 0 Å². The van der Waals surface area contributed by atoms with E-state index in [9.17, 15) is 9.59 Å². The lowest BCUT2D eigenvalue weighted by Gasteiger charge is -2.17. The van der Waals surface area contributed by atoms with Crippen molar-refractivity contribution in [3.63, 3.8) is 0 Å². The maximum atomic E-state index is 11.3. The number of aliphatic hydroxyl groups excluding tert-OH is 1. The van der Waals surface area contributed by atoms with Crippen LogP contribution in [0.25, 0.3) is 0 Å². The minimum Gasteiger partial charge on any atom is -0.481 e. The highest BCUT2D eigenvalue weighted by atomic mass is 16.7. The van der Waals surface area contributed by atoms with Gasteiger partial charge in [-0.2, -0.15) is 0 Å². The van der Waals surface area contributed by atoms with Crippen molar-refractivity contribution in [2.24, 2.45) is 11.8 Å². The van der Waals surface area contributed by atoms with Gasteiger partial charge in [0.2, 0.25) is 0 Å². The summed E-state index contributed by atoms with van der Waals surface area (Å²) in [5.41, 5.74) is 0. The zero-order valence-electron chi connectivity index (χ0n) is 11.6. The van der Waals surface area contributed by atoms with E-state index in [1.165, 1.54) is 6.92 Å². The van der Waals surface area contributed by atoms with Crippen LogP contribution in [0.3, 0.4) is 0 Å². The Balaban J connectivity index is 3.95. The molecular formula is C12H23NO6. The first kappa shape index (κ1) is 17.7. The molecule has 0 rings (SSSR count). The van der Waals surface area contributed by atoms with Crippen LogP contribution in [0.15, 0.2) is 0 Å². The van der Waals surface area contributed by atoms with E-state index >= 15 is 0 Å². The van der Waals surface area contributed by atoms with Gasteiger partial charge in [0.05, 0.1) is 0 Å². The SMILES string of the molecule is CC(C)C[C@H](CNC(=O)OCOC(C)O)CC(=O)O. The molecule has 3 N–H and O–H groups in total. The summed E-state index contributed by atoms with van der Waals surface area (Å²) in [6.07, 6.45) is -0.993. The molecule has 0 aliphatic carbocycles. The van der Waals surface area contributed by atoms with E-state index in [1.807, 2.05) is 13.8 Å². The van der Waals surface area contributed by atoms with Gasteiger partial charge in [-0.1, -0.05) is 13.8 Å². The molecule has 0 saturated heterocycles. The van der Waals surface area contributed by atoms with Gasteiger partial charge < -0.3 is 25.0 Å². The number of hydrogen-bond donors (Lipinski definition) is 3. The van der Waals surface area contributed by atoms with Gasteiger partial charge in [0.15, 0.2) is 13.1 Å². The number of alkyl carbamates (subject to hydrolysis) is 1. The predicted molar refractivity (Wildman–Crippen MR) is 67.3 cm³/mol. The summed E-state index contributed by atoms with van der Waals surface area (Å²) in [6.45, 7) is 5.26. The number of carboxylic acid groups (broad SMARTS) is 1. The van der Waals surface area contributed by atoms with Crippen molar-refractivity contribution in [1.82, 2.24) is 5.32 Å². The van der Waals surface area contributed by atoms with Crippen LogP contribution in [0.2, 0.25) is 0 Å². The van der Waals surface area contributed by atoms with E-state index in [2.05, 4.69) is 14.8 Å². The molecular weight excluding hydrogens is 254 g/mol. The van der Waals surface area contributed by atoms with E-state index in [1.54, 1.807) is 0 Å². The summed E-state index contributed by atoms with van der Waals surface area (Å²) in [5.74, 6) is -0.679. The molecule has 0 heterocycles. The van der Waals surface area contributed by atoms with Gasteiger partial charge in [0.1, 0.15) is 0 Å². The molecule has 0 aliphatic rings. The number of carbonyl (C=O) groups excluding carboxylic acids is 1. The fourth-order valence-electron chi connectivity index (χ4n) is 1.62. The fourth-order valence-corrected chi connectivity index (χ4v) is 1.62. The lowest BCUT2D eigenvalue weighted by atomic mass is 9.94. The highest BCUT2D eigenvalue weighted by molar-refractivity contribution is 5.68. The number of hydrogen-bond acceptors (Lipinski definition) is 5. The lowest BCUT2D eigenvalue weighted by Crippen LogP contribution is -2.32. The van der Waals surface area contributed by atoms with Crippen molar-refractivity contribution in [1.29, 1.82) is 0 Å². The fraction of sp³-hybridized carbons (Fsp3) is 0.833. The third kappa shape index (κ3) is 11.5. The summed E-state index contributed by atoms with van der Waals surface area (Å²) in [4.78, 5) is 21.9. The maximum Gasteiger partial charge on any atom is 0.409 e. The molecule has 0 spiro atoms. The van der Waals surface area contributed by atoms with E-state index < -0.39 is 18.4 Å². The summed E-state index contributed by atoms with van der Waals surface area (Å²) >= 11 is 0. The van der Waals surface area contributed by atoms with E-state index in [0.717, 1.165) is 0 Å². The van der Waals surface area contributed by atoms with Crippen LogP contribution in [-0.2, 0) is 14.3 Å². The van der Waals surface area contributed by atoms with Gasteiger partial charge in [-0.3, -0.25) is 4.79 Å². The number of rotatable bonds is 9. The van der Waals surface area contributed by atoms with Gasteiger partial charge in [-0.05, 0) is 25.2 Å². The van der Waals surface area contributed by atoms with Gasteiger partial charge in [-0.25, -0.2) is 4.79 Å². The first-order chi connectivity index (χ1) is 8.81. The second-order valence-electron chi connectivity index (χ2n) is 4.79. The third-order valence-corrected chi connectivity index (χ3v) is 2.30. The van der Waals surface area contributed by atoms with E-state index in [-0.39, 0.29) is 25.7 Å². The Morgan fingerprint density at radius 1 is 1.26 bits per heavy atom. The van der Waals surface area contributed by atoms with Crippen molar-refractivity contribution in [3.8, 4) is 0 Å². The quantitative estimate of drug-likeness (QED) is 0.546. The van der Waals surface area contributed by atoms with Gasteiger partial charge >= 0.3 is 12.1 Å². The van der Waals surface area contributed by atoms with E-state index in [0.29, 0.717) is 12.3 Å². The number of nitrogens with one attached hydrogen (secondary N) is 1. The summed E-state index contributed by atoms with van der Waals surface area (Å²) in [7, 11) is 0. The number of ether oxygens (including phenoxy) is 2. The molecule has 112 valence electrons. The molecule has 0 aromatic carbocycles. The Morgan fingerprint density at radius 2 is 1.89 bits per heavy atom. The molecule has 0 aromatic heterocycles. The molecule has 7 heteroatoms. The number of amides is 1. The minimum absolute atomic E-state index is 0.00261. The number of carbonyl (C=O) groups is 2. The zero-order valence-corrected chi connectivity index (χ0v) is 11.6. The number of aliphatic hydroxyl groups is 1. The topological polar surface area (TPSA) is 105 Å². The number of aliphatic carboxylic acids is 1. The molecule has 1 amide bonds. The molecule has 19 heavy (non-hydrogen) atoms. The van der Waals surface area contributed by atoms with Crippen LogP contribution in [0.4, 0.5) is 4.79 Å². The van der Waals surface area contributed by atoms with Crippen LogP contribution < -0.4 is 5.32 Å². The van der Waals surface area contributed by atoms with Crippen LogP contribution in [-0.4, -0.2) is 41.9 Å². The van der Waals surface area contributed by atoms with Crippen molar-refractivity contribution < 1.29 is 29.3 Å². The molecule has 0 radical (unpaired) electrons. The third-order valence-electron chi connectivity index (χ3n) is 2.30. The minimum atomic E-state index is -1.01. The van der Waals surface area contributed by atoms with Crippen molar-refractivity contribution in [2.75, 3.05) is 13.3 Å². The summed E-state index contributed by atoms with van der Waals surface area (Å²) in [5, 5.41) is 20.0. The van der Waals surface area contributed by atoms with Crippen LogP contribution >= 0.6 is 0 Å². The highest BCUT2D eigenvalue weighted by Crippen LogP contribution is 2.14. The second-order valence-corrected chi connectivity index (χ2v) is 4.79. The summed E-state index contributed by atoms with van der Waals surface area (Å²) < 4.78 is 9.26. The average Bonchev–Trinajstić information content (AvgIpc) is 2.23. The van der Waals surface area contributed by atoms with Gasteiger partial charge in [-0.15, -0.1) is 0 Å². The Morgan fingerprint density at radius 3 is 2.37 bits per heavy atom. The lowest BCUT2D eigenvalue weighted by molar-refractivity contribution is -0.141. The normalized spacial score (nSPS) is 13.9. The Labute approximate surface area is 112 Å². The van der Waals surface area contributed by atoms with Crippen molar-refractivity contribution >= 4 is 12.1 Å². The van der Waals surface area contributed by atoms with E-state index in [4.69, 9.17) is 10.2 Å². The first-order valence-corrected chi connectivity index (χ1v) is 6.23. The molecule has 0 fully saturated rings. The summed E-state index contributed by atoms with van der Waals surface area (Å²) in [6, 6.07) is 0. The number of carboxylic acids is 1. The molecule has 0 aliphatic heterocycles. The second kappa shape index (κ2) is 9.57. The van der Waals surface area contributed by atoms with Crippen molar-refractivity contribution in [2.45, 2.75) is 39.9 Å². The predicted octanol–water partition coefficient (Wildman–Crippen LogP) is 1.16. The Hall–Kier alpha value is -1.34. The molecule has 1 unspecified atom stereocenters. The van der Waals surface area contributed by atoms with Crippen LogP contribution in [0.5, 0.6) is 0 Å². The molecule has 0 saturated carbocycles. The monoisotopic (exact) mass is 277 g/mol. The van der Waals surface area contributed by atoms with Crippen molar-refractivity contribution in [3.05, 3.63) is 0 Å². The molecule has 2 atom stereocenters. The van der Waals surface area contributed by atoms with Crippen LogP contribution in [0, 0.1) is 11.8 Å². The first-order valence-electron chi connectivity index (χ1n) is 6.23. The maximum absolute atomic E-state index is 11.3. The van der Waals surface area contributed by atoms with Gasteiger partial charge in [0, 0.05) is 13.0 Å². The standard InChI is InChI=1S/C12H23NO6/c1-8(2)4-10(5-11(15)16)6-13-12(17)19-7-18-9(3)14/h8-10,14H,4-7H2,1-3H3,(H,13,17)(H,15,16)/t9?,10-/m0/s1. The Kier molecular flexibility index (Phi) is 8.90.